The van der Waals surface area contributed by atoms with Crippen molar-refractivity contribution in [2.24, 2.45) is 0 Å². The fourth-order valence-corrected chi connectivity index (χ4v) is 3.98. The van der Waals surface area contributed by atoms with Crippen molar-refractivity contribution in [3.63, 3.8) is 0 Å². The van der Waals surface area contributed by atoms with Gasteiger partial charge in [0.15, 0.2) is 0 Å². The molecule has 0 spiro atoms. The number of carbonyl (C=O) groups excluding carboxylic acids is 2. The number of nitrogens with one attached hydrogen (secondary N) is 1. The average Bonchev–Trinajstić information content (AvgIpc) is 3.05. The molecule has 0 unspecified atom stereocenters. The second-order valence-corrected chi connectivity index (χ2v) is 7.56. The Balaban J connectivity index is 1.92. The molecule has 2 aromatic carbocycles. The quantitative estimate of drug-likeness (QED) is 0.245. The lowest BCUT2D eigenvalue weighted by molar-refractivity contribution is -0.385. The number of nitro benzene ring substituents is 1. The van der Waals surface area contributed by atoms with Gasteiger partial charge in [-0.2, -0.15) is 0 Å². The molecule has 0 saturated carbocycles. The lowest BCUT2D eigenvalue weighted by Crippen LogP contribution is -2.15. The minimum Gasteiger partial charge on any atom is -0.462 e. The van der Waals surface area contributed by atoms with Gasteiger partial charge in [0.2, 0.25) is 0 Å². The average molecular weight is 412 g/mol. The molecule has 3 rings (SSSR count). The van der Waals surface area contributed by atoms with E-state index < -0.39 is 16.8 Å². The number of rotatable bonds is 7. The van der Waals surface area contributed by atoms with Gasteiger partial charge in [0.25, 0.3) is 11.6 Å². The van der Waals surface area contributed by atoms with E-state index in [2.05, 4.69) is 5.32 Å². The van der Waals surface area contributed by atoms with Crippen molar-refractivity contribution >= 4 is 44.0 Å². The van der Waals surface area contributed by atoms with Crippen molar-refractivity contribution in [1.82, 2.24) is 0 Å². The van der Waals surface area contributed by atoms with Crippen LogP contribution in [0.3, 0.4) is 0 Å². The van der Waals surface area contributed by atoms with Gasteiger partial charge in [-0.05, 0) is 31.5 Å². The first-order valence-corrected chi connectivity index (χ1v) is 9.99. The standard InChI is InChI=1S/C21H20N2O5S/c1-3-4-11-28-21(25)18-15-7-5-6-8-17(15)29-20(18)22-19(24)14-9-10-16(23(26)27)13(2)12-14/h5-10,12H,3-4,11H2,1-2H3,(H,22,24). The summed E-state index contributed by atoms with van der Waals surface area (Å²) in [6.45, 7) is 3.89. The Bertz CT molecular complexity index is 1090. The van der Waals surface area contributed by atoms with Crippen molar-refractivity contribution in [1.29, 1.82) is 0 Å². The second-order valence-electron chi connectivity index (χ2n) is 6.50. The summed E-state index contributed by atoms with van der Waals surface area (Å²) < 4.78 is 6.22. The topological polar surface area (TPSA) is 98.5 Å². The third-order valence-electron chi connectivity index (χ3n) is 4.41. The van der Waals surface area contributed by atoms with E-state index in [1.165, 1.54) is 29.5 Å². The number of unbranched alkanes of at least 4 members (excludes halogenated alkanes) is 1. The Morgan fingerprint density at radius 3 is 2.66 bits per heavy atom. The van der Waals surface area contributed by atoms with Gasteiger partial charge in [0.05, 0.1) is 11.5 Å². The van der Waals surface area contributed by atoms with Crippen LogP contribution < -0.4 is 5.32 Å². The van der Waals surface area contributed by atoms with Crippen molar-refractivity contribution < 1.29 is 19.2 Å². The van der Waals surface area contributed by atoms with Gasteiger partial charge in [-0.25, -0.2) is 4.79 Å². The van der Waals surface area contributed by atoms with Gasteiger partial charge in [0, 0.05) is 27.3 Å². The van der Waals surface area contributed by atoms with Crippen LogP contribution in [-0.2, 0) is 4.74 Å². The predicted molar refractivity (Wildman–Crippen MR) is 113 cm³/mol. The van der Waals surface area contributed by atoms with E-state index in [9.17, 15) is 19.7 Å². The zero-order valence-electron chi connectivity index (χ0n) is 16.1. The van der Waals surface area contributed by atoms with E-state index in [0.29, 0.717) is 28.1 Å². The Kier molecular flexibility index (Phi) is 6.23. The van der Waals surface area contributed by atoms with E-state index in [4.69, 9.17) is 4.74 Å². The molecule has 7 nitrogen and oxygen atoms in total. The largest absolute Gasteiger partial charge is 0.462 e. The maximum atomic E-state index is 12.7. The van der Waals surface area contributed by atoms with Crippen LogP contribution in [-0.4, -0.2) is 23.4 Å². The molecule has 150 valence electrons. The highest BCUT2D eigenvalue weighted by atomic mass is 32.1. The SMILES string of the molecule is CCCCOC(=O)c1c(NC(=O)c2ccc([N+](=O)[O-])c(C)c2)sc2ccccc12. The molecule has 1 aromatic heterocycles. The molecule has 0 atom stereocenters. The molecule has 29 heavy (non-hydrogen) atoms. The summed E-state index contributed by atoms with van der Waals surface area (Å²) in [4.78, 5) is 35.9. The molecule has 3 aromatic rings. The number of thiophene rings is 1. The number of amides is 1. The molecular weight excluding hydrogens is 392 g/mol. The summed E-state index contributed by atoms with van der Waals surface area (Å²) in [6, 6.07) is 11.5. The van der Waals surface area contributed by atoms with Crippen LogP contribution in [0.5, 0.6) is 0 Å². The summed E-state index contributed by atoms with van der Waals surface area (Å²) in [5.74, 6) is -0.928. The van der Waals surface area contributed by atoms with Gasteiger partial charge < -0.3 is 10.1 Å². The molecule has 0 fully saturated rings. The number of hydrogen-bond acceptors (Lipinski definition) is 6. The predicted octanol–water partition coefficient (Wildman–Crippen LogP) is 5.33. The highest BCUT2D eigenvalue weighted by Crippen LogP contribution is 2.36. The minimum absolute atomic E-state index is 0.0522. The monoisotopic (exact) mass is 412 g/mol. The Morgan fingerprint density at radius 1 is 1.21 bits per heavy atom. The van der Waals surface area contributed by atoms with Crippen molar-refractivity contribution in [2.75, 3.05) is 11.9 Å². The number of nitro groups is 1. The first-order valence-electron chi connectivity index (χ1n) is 9.17. The van der Waals surface area contributed by atoms with E-state index in [0.717, 1.165) is 17.5 Å². The number of hydrogen-bond donors (Lipinski definition) is 1. The Labute approximate surface area is 171 Å². The fraction of sp³-hybridized carbons (Fsp3) is 0.238. The van der Waals surface area contributed by atoms with Crippen LogP contribution in [0.25, 0.3) is 10.1 Å². The number of fused-ring (bicyclic) bond motifs is 1. The van der Waals surface area contributed by atoms with Crippen LogP contribution >= 0.6 is 11.3 Å². The van der Waals surface area contributed by atoms with Crippen molar-refractivity contribution in [3.8, 4) is 0 Å². The summed E-state index contributed by atoms with van der Waals surface area (Å²) in [5, 5.41) is 14.9. The maximum Gasteiger partial charge on any atom is 0.341 e. The fourth-order valence-electron chi connectivity index (χ4n) is 2.89. The normalized spacial score (nSPS) is 10.7. The van der Waals surface area contributed by atoms with Gasteiger partial charge in [-0.1, -0.05) is 31.5 Å². The third-order valence-corrected chi connectivity index (χ3v) is 5.50. The van der Waals surface area contributed by atoms with Crippen LogP contribution in [0.1, 0.15) is 46.0 Å². The van der Waals surface area contributed by atoms with E-state index in [1.54, 1.807) is 6.92 Å². The van der Waals surface area contributed by atoms with Gasteiger partial charge in [0.1, 0.15) is 10.6 Å². The molecule has 8 heteroatoms. The lowest BCUT2D eigenvalue weighted by Gasteiger charge is -2.08. The van der Waals surface area contributed by atoms with Gasteiger partial charge in [-0.3, -0.25) is 14.9 Å². The molecule has 0 aliphatic rings. The second kappa shape index (κ2) is 8.83. The van der Waals surface area contributed by atoms with E-state index >= 15 is 0 Å². The highest BCUT2D eigenvalue weighted by molar-refractivity contribution is 7.23. The summed E-state index contributed by atoms with van der Waals surface area (Å²) >= 11 is 1.29. The van der Waals surface area contributed by atoms with Crippen LogP contribution in [0.15, 0.2) is 42.5 Å². The molecule has 1 N–H and O–H groups in total. The zero-order chi connectivity index (χ0) is 21.0. The number of ether oxygens (including phenoxy) is 1. The van der Waals surface area contributed by atoms with Crippen LogP contribution in [0, 0.1) is 17.0 Å². The highest BCUT2D eigenvalue weighted by Gasteiger charge is 2.22. The summed E-state index contributed by atoms with van der Waals surface area (Å²) in [7, 11) is 0. The van der Waals surface area contributed by atoms with Crippen LogP contribution in [0.2, 0.25) is 0 Å². The molecule has 0 aliphatic heterocycles. The number of benzene rings is 2. The first kappa shape index (κ1) is 20.5. The van der Waals surface area contributed by atoms with Crippen molar-refractivity contribution in [3.05, 3.63) is 69.3 Å². The van der Waals surface area contributed by atoms with E-state index in [1.807, 2.05) is 31.2 Å². The molecule has 0 saturated heterocycles. The van der Waals surface area contributed by atoms with Gasteiger partial charge in [-0.15, -0.1) is 11.3 Å². The van der Waals surface area contributed by atoms with Gasteiger partial charge >= 0.3 is 5.97 Å². The molecule has 0 aliphatic carbocycles. The number of anilines is 1. The molecule has 1 amide bonds. The zero-order valence-corrected chi connectivity index (χ0v) is 16.9. The summed E-state index contributed by atoms with van der Waals surface area (Å²) in [6.07, 6.45) is 1.67. The number of carbonyl (C=O) groups is 2. The van der Waals surface area contributed by atoms with E-state index in [-0.39, 0.29) is 11.3 Å². The molecule has 1 heterocycles. The molecular formula is C21H20N2O5S. The molecule has 0 bridgehead atoms. The van der Waals surface area contributed by atoms with Crippen LogP contribution in [0.4, 0.5) is 10.7 Å². The lowest BCUT2D eigenvalue weighted by atomic mass is 10.1. The number of esters is 1. The number of nitrogens with zero attached hydrogens (tertiary/aromatic N) is 1. The Hall–Kier alpha value is -3.26. The number of aryl methyl sites for hydroxylation is 1. The minimum atomic E-state index is -0.493. The molecule has 0 radical (unpaired) electrons. The Morgan fingerprint density at radius 2 is 1.97 bits per heavy atom. The third kappa shape index (κ3) is 4.43. The maximum absolute atomic E-state index is 12.7. The smallest absolute Gasteiger partial charge is 0.341 e. The first-order chi connectivity index (χ1) is 13.9. The van der Waals surface area contributed by atoms with Crippen molar-refractivity contribution in [2.45, 2.75) is 26.7 Å². The summed E-state index contributed by atoms with van der Waals surface area (Å²) in [5.41, 5.74) is 0.936.